The van der Waals surface area contributed by atoms with E-state index in [4.69, 9.17) is 5.73 Å². The van der Waals surface area contributed by atoms with Gasteiger partial charge in [-0.3, -0.25) is 38.5 Å². The first-order valence-electron chi connectivity index (χ1n) is 23.0. The summed E-state index contributed by atoms with van der Waals surface area (Å²) in [6.45, 7) is 2.80. The first kappa shape index (κ1) is 56.9. The molecule has 386 valence electrons. The van der Waals surface area contributed by atoms with Gasteiger partial charge in [-0.1, -0.05) is 31.2 Å². The van der Waals surface area contributed by atoms with Gasteiger partial charge in [0, 0.05) is 75.6 Å². The van der Waals surface area contributed by atoms with Crippen molar-refractivity contribution in [1.82, 2.24) is 35.4 Å². The van der Waals surface area contributed by atoms with Crippen LogP contribution in [0.1, 0.15) is 67.1 Å². The molecule has 2 aromatic heterocycles. The number of aryl methyl sites for hydroxylation is 2. The second kappa shape index (κ2) is 27.1. The predicted octanol–water partition coefficient (Wildman–Crippen LogP) is -3.95. The fraction of sp³-hybridized carbons (Fsp3) is 0.587. The number of amides is 2. The number of hydrogen-bond acceptors (Lipinski definition) is 20. The van der Waals surface area contributed by atoms with Crippen molar-refractivity contribution in [1.29, 1.82) is 0 Å². The summed E-state index contributed by atoms with van der Waals surface area (Å²) in [5, 5.41) is 96.1. The fourth-order valence-corrected chi connectivity index (χ4v) is 7.84. The van der Waals surface area contributed by atoms with E-state index in [1.54, 1.807) is 12.1 Å². The molecule has 70 heavy (non-hydrogen) atoms. The van der Waals surface area contributed by atoms with Gasteiger partial charge >= 0.3 is 5.97 Å². The van der Waals surface area contributed by atoms with Gasteiger partial charge < -0.3 is 77.1 Å². The van der Waals surface area contributed by atoms with E-state index < -0.39 is 140 Å². The summed E-state index contributed by atoms with van der Waals surface area (Å²) in [4.78, 5) is 107. The second-order valence-electron chi connectivity index (χ2n) is 17.8. The quantitative estimate of drug-likeness (QED) is 0.0295. The molecule has 0 spiro atoms. The highest BCUT2D eigenvalue weighted by atomic mass is 16.4. The van der Waals surface area contributed by atoms with Crippen LogP contribution in [0.25, 0.3) is 11.0 Å². The largest absolute Gasteiger partial charge is 0.481 e. The van der Waals surface area contributed by atoms with Gasteiger partial charge in [-0.2, -0.15) is 0 Å². The number of carbonyl (C=O) groups is 6. The molecule has 0 saturated carbocycles. The molecule has 10 atom stereocenters. The van der Waals surface area contributed by atoms with Crippen molar-refractivity contribution in [3.8, 4) is 0 Å². The van der Waals surface area contributed by atoms with Crippen molar-refractivity contribution in [2.24, 2.45) is 11.8 Å². The zero-order chi connectivity index (χ0) is 51.8. The van der Waals surface area contributed by atoms with Crippen LogP contribution in [0.2, 0.25) is 0 Å². The van der Waals surface area contributed by atoms with Crippen LogP contribution in [0.5, 0.6) is 0 Å². The number of piperazine rings is 1. The summed E-state index contributed by atoms with van der Waals surface area (Å²) in [5.74, 6) is -8.51. The number of aromatic amines is 1. The maximum absolute atomic E-state index is 13.7. The third kappa shape index (κ3) is 16.5. The zero-order valence-corrected chi connectivity index (χ0v) is 39.1. The number of rotatable bonds is 29. The smallest absolute Gasteiger partial charge is 0.306 e. The minimum atomic E-state index is -2.29. The number of anilines is 1. The lowest BCUT2D eigenvalue weighted by Crippen LogP contribution is -2.58. The highest BCUT2D eigenvalue weighted by molar-refractivity contribution is 5.98. The third-order valence-electron chi connectivity index (χ3n) is 12.4. The number of nitrogens with one attached hydrogen (secondary N) is 3. The normalized spacial score (nSPS) is 17.8. The molecular formula is C46H66N8O16. The van der Waals surface area contributed by atoms with Crippen LogP contribution >= 0.6 is 0 Å². The maximum Gasteiger partial charge on any atom is 0.306 e. The number of nitrogens with two attached hydrogens (primary N) is 1. The molecule has 24 nitrogen and oxygen atoms in total. The lowest BCUT2D eigenvalue weighted by Gasteiger charge is -2.32. The van der Waals surface area contributed by atoms with Crippen LogP contribution in [0, 0.1) is 11.8 Å². The number of aliphatic carboxylic acids is 1. The number of nitrogen functional groups attached to an aromatic ring is 1. The Morgan fingerprint density at radius 1 is 0.800 bits per heavy atom. The summed E-state index contributed by atoms with van der Waals surface area (Å²) >= 11 is 0. The molecule has 0 radical (unpaired) electrons. The number of likely N-dealkylation sites (N-methyl/N-ethyl adjacent to an activating group) is 1. The van der Waals surface area contributed by atoms with E-state index in [1.807, 2.05) is 7.05 Å². The van der Waals surface area contributed by atoms with E-state index in [0.717, 1.165) is 31.7 Å². The van der Waals surface area contributed by atoms with E-state index in [1.165, 1.54) is 31.3 Å². The van der Waals surface area contributed by atoms with E-state index in [-0.39, 0.29) is 23.3 Å². The van der Waals surface area contributed by atoms with Crippen molar-refractivity contribution in [3.63, 3.8) is 0 Å². The summed E-state index contributed by atoms with van der Waals surface area (Å²) in [6.07, 6.45) is -12.5. The molecule has 1 aliphatic rings. The van der Waals surface area contributed by atoms with Crippen LogP contribution in [-0.4, -0.2) is 208 Å². The number of H-pyrrole nitrogens is 1. The van der Waals surface area contributed by atoms with E-state index in [0.29, 0.717) is 37.0 Å². The third-order valence-corrected chi connectivity index (χ3v) is 12.4. The lowest BCUT2D eigenvalue weighted by atomic mass is 9.90. The summed E-state index contributed by atoms with van der Waals surface area (Å²) in [5.41, 5.74) is 7.18. The second-order valence-corrected chi connectivity index (χ2v) is 17.8. The lowest BCUT2D eigenvalue weighted by molar-refractivity contribution is -0.143. The van der Waals surface area contributed by atoms with Gasteiger partial charge in [0.1, 0.15) is 54.5 Å². The Hall–Kier alpha value is -5.67. The molecule has 2 amide bonds. The minimum absolute atomic E-state index is 0.135. The number of carboxylic acids is 1. The molecule has 0 aliphatic carbocycles. The summed E-state index contributed by atoms with van der Waals surface area (Å²) in [7, 11) is 1.98. The van der Waals surface area contributed by atoms with Crippen molar-refractivity contribution in [2.45, 2.75) is 107 Å². The first-order chi connectivity index (χ1) is 33.1. The van der Waals surface area contributed by atoms with Crippen molar-refractivity contribution in [2.75, 3.05) is 58.7 Å². The van der Waals surface area contributed by atoms with Gasteiger partial charge in [0.05, 0.1) is 30.3 Å². The molecule has 1 aliphatic heterocycles. The Kier molecular flexibility index (Phi) is 22.0. The summed E-state index contributed by atoms with van der Waals surface area (Å²) in [6, 6.07) is 3.97. The Morgan fingerprint density at radius 3 is 1.99 bits per heavy atom. The number of benzene rings is 1. The van der Waals surface area contributed by atoms with Crippen LogP contribution in [-0.2, 0) is 36.8 Å². The number of carbonyl (C=O) groups excluding carboxylic acids is 5. The highest BCUT2D eigenvalue weighted by Crippen LogP contribution is 2.20. The van der Waals surface area contributed by atoms with Gasteiger partial charge in [-0.15, -0.1) is 0 Å². The highest BCUT2D eigenvalue weighted by Gasteiger charge is 2.40. The number of pyridine rings is 1. The van der Waals surface area contributed by atoms with E-state index in [9.17, 15) is 79.5 Å². The Bertz CT molecular complexity index is 2310. The van der Waals surface area contributed by atoms with Crippen molar-refractivity contribution in [3.05, 3.63) is 63.7 Å². The number of carboxylic acid groups (broad SMARTS) is 1. The average molecular weight is 987 g/mol. The van der Waals surface area contributed by atoms with Crippen molar-refractivity contribution >= 4 is 52.0 Å². The monoisotopic (exact) mass is 986 g/mol. The molecular weight excluding hydrogens is 921 g/mol. The Morgan fingerprint density at radius 2 is 1.40 bits per heavy atom. The van der Waals surface area contributed by atoms with Gasteiger partial charge in [-0.05, 0) is 44.8 Å². The minimum Gasteiger partial charge on any atom is -0.481 e. The number of Topliss-reactive ketones (excluding diaryl/α,β-unsaturated/α-hetero) is 3. The van der Waals surface area contributed by atoms with Gasteiger partial charge in [-0.25, -0.2) is 4.98 Å². The molecule has 1 aromatic carbocycles. The van der Waals surface area contributed by atoms with Crippen LogP contribution < -0.4 is 21.9 Å². The number of aromatic nitrogens is 3. The van der Waals surface area contributed by atoms with Gasteiger partial charge in [0.25, 0.3) is 5.56 Å². The number of nitrogens with zero attached hydrogens (tertiary/aromatic N) is 4. The molecule has 3 heterocycles. The van der Waals surface area contributed by atoms with E-state index in [2.05, 4.69) is 35.4 Å². The molecule has 0 unspecified atom stereocenters. The molecule has 14 N–H and O–H groups in total. The molecule has 1 saturated heterocycles. The number of ketones is 3. The Labute approximate surface area is 402 Å². The van der Waals surface area contributed by atoms with E-state index >= 15 is 0 Å². The number of fused-ring (bicyclic) bond motifs is 1. The molecule has 4 rings (SSSR count). The predicted molar refractivity (Wildman–Crippen MR) is 249 cm³/mol. The van der Waals surface area contributed by atoms with Crippen LogP contribution in [0.15, 0.2) is 41.3 Å². The summed E-state index contributed by atoms with van der Waals surface area (Å²) < 4.78 is 0. The number of hydrogen-bond donors (Lipinski definition) is 13. The molecule has 24 heteroatoms. The average Bonchev–Trinajstić information content (AvgIpc) is 3.34. The van der Waals surface area contributed by atoms with Gasteiger partial charge in [0.2, 0.25) is 11.8 Å². The first-order valence-corrected chi connectivity index (χ1v) is 23.0. The molecule has 1 fully saturated rings. The standard InChI is InChI=1S/C46H66N8O16/c1-24(44(67)52-38(42(65)40(63)33(60)22-55)30(57)4-3-13-54-16-14-53(2)15-17-54)18-32(59)39(43(66)41(64)34(61)23-56)51-36(62)12-10-27(46(69)70)19-31(58)26-8-5-25(6-9-26)7-11-28-21-48-29-20-35(47)50-45(68)37(29)49-28/h5-6,8-9,20-21,24,27,33-34,38-43,55-56,60-61,63-66H,3-4,7,10-19,22-23H2,1-2H3,(H,51,62)(H,52,67)(H,69,70)(H3,47,50,68)/t24-,27-,33-,34-,38-,39-,40-,41-,42-,43-/m1/s1. The van der Waals surface area contributed by atoms with Gasteiger partial charge in [0.15, 0.2) is 22.9 Å². The maximum atomic E-state index is 13.7. The topological polar surface area (TPSA) is 400 Å². The number of aliphatic hydroxyl groups is 8. The SMILES string of the molecule is C[C@H](CC(=O)[C@@H](NC(=O)CC[C@H](CC(=O)c1ccc(CCc2cnc3cc(N)[nH]c(=O)c3n2)cc1)C(=O)O)[C@@H](O)[C@H](O)[C@H](O)CO)C(=O)N[C@H](C(=O)CCCN1CCN(C)CC1)[C@@H](O)[C@H](O)[C@H](O)CO. The zero-order valence-electron chi connectivity index (χ0n) is 39.1. The fourth-order valence-electron chi connectivity index (χ4n) is 7.84. The van der Waals surface area contributed by atoms with Crippen LogP contribution in [0.4, 0.5) is 5.82 Å². The Balaban J connectivity index is 1.37. The van der Waals surface area contributed by atoms with Crippen LogP contribution in [0.3, 0.4) is 0 Å². The molecule has 3 aromatic rings. The van der Waals surface area contributed by atoms with Crippen molar-refractivity contribution < 1.29 is 74.7 Å². The number of aliphatic hydroxyl groups excluding tert-OH is 8. The molecule has 0 bridgehead atoms.